The highest BCUT2D eigenvalue weighted by Gasteiger charge is 2.09. The third-order valence-corrected chi connectivity index (χ3v) is 2.42. The van der Waals surface area contributed by atoms with Crippen LogP contribution in [0.2, 0.25) is 5.02 Å². The summed E-state index contributed by atoms with van der Waals surface area (Å²) in [5, 5.41) is 18.9. The number of anilines is 1. The largest absolute Gasteiger partial charge is 0.478 e. The van der Waals surface area contributed by atoms with Crippen LogP contribution >= 0.6 is 11.6 Å². The molecular weight excluding hydrogens is 272 g/mol. The van der Waals surface area contributed by atoms with Crippen LogP contribution in [0, 0.1) is 0 Å². The van der Waals surface area contributed by atoms with Crippen LogP contribution in [-0.4, -0.2) is 32.0 Å². The molecule has 0 saturated heterocycles. The Morgan fingerprint density at radius 1 is 1.37 bits per heavy atom. The first-order valence-corrected chi connectivity index (χ1v) is 5.60. The number of amides is 1. The molecule has 0 saturated carbocycles. The van der Waals surface area contributed by atoms with Gasteiger partial charge < -0.3 is 10.4 Å². The molecule has 1 aromatic heterocycles. The quantitative estimate of drug-likeness (QED) is 0.879. The lowest BCUT2D eigenvalue weighted by Gasteiger charge is -2.06. The maximum absolute atomic E-state index is 11.7. The smallest absolute Gasteiger partial charge is 0.335 e. The number of rotatable bonds is 4. The molecule has 19 heavy (non-hydrogen) atoms. The van der Waals surface area contributed by atoms with Gasteiger partial charge in [0.25, 0.3) is 0 Å². The number of hydrogen-bond acceptors (Lipinski definition) is 4. The van der Waals surface area contributed by atoms with Crippen molar-refractivity contribution in [1.82, 2.24) is 15.0 Å². The first-order chi connectivity index (χ1) is 9.04. The number of carbonyl (C=O) groups excluding carboxylic acids is 1. The van der Waals surface area contributed by atoms with E-state index in [0.29, 0.717) is 5.69 Å². The van der Waals surface area contributed by atoms with Gasteiger partial charge in [0.1, 0.15) is 6.54 Å². The van der Waals surface area contributed by atoms with Crippen LogP contribution < -0.4 is 5.32 Å². The predicted octanol–water partition coefficient (Wildman–Crippen LogP) is 1.27. The van der Waals surface area contributed by atoms with Crippen LogP contribution in [0.15, 0.2) is 30.6 Å². The molecule has 98 valence electrons. The van der Waals surface area contributed by atoms with E-state index in [-0.39, 0.29) is 23.0 Å². The van der Waals surface area contributed by atoms with E-state index in [1.165, 1.54) is 29.1 Å². The van der Waals surface area contributed by atoms with E-state index >= 15 is 0 Å². The summed E-state index contributed by atoms with van der Waals surface area (Å²) >= 11 is 5.78. The molecule has 1 amide bonds. The normalized spacial score (nSPS) is 10.2. The van der Waals surface area contributed by atoms with Crippen LogP contribution in [0.5, 0.6) is 0 Å². The fraction of sp³-hybridized carbons (Fsp3) is 0.0909. The molecule has 0 aliphatic rings. The number of carboxylic acid groups (broad SMARTS) is 1. The van der Waals surface area contributed by atoms with Gasteiger partial charge in [0.2, 0.25) is 5.91 Å². The third kappa shape index (κ3) is 3.52. The Morgan fingerprint density at radius 3 is 2.79 bits per heavy atom. The summed E-state index contributed by atoms with van der Waals surface area (Å²) in [6, 6.07) is 4.09. The van der Waals surface area contributed by atoms with Crippen molar-refractivity contribution in [2.75, 3.05) is 5.32 Å². The summed E-state index contributed by atoms with van der Waals surface area (Å²) in [4.78, 5) is 22.5. The van der Waals surface area contributed by atoms with Crippen LogP contribution in [0.4, 0.5) is 5.69 Å². The summed E-state index contributed by atoms with van der Waals surface area (Å²) in [5.41, 5.74) is 0.318. The van der Waals surface area contributed by atoms with E-state index < -0.39 is 5.97 Å². The summed E-state index contributed by atoms with van der Waals surface area (Å²) in [7, 11) is 0. The van der Waals surface area contributed by atoms with Gasteiger partial charge in [-0.3, -0.25) is 4.79 Å². The minimum absolute atomic E-state index is 0.00329. The van der Waals surface area contributed by atoms with Crippen molar-refractivity contribution in [3.63, 3.8) is 0 Å². The van der Waals surface area contributed by atoms with Crippen molar-refractivity contribution >= 4 is 29.2 Å². The van der Waals surface area contributed by atoms with Crippen LogP contribution in [0.25, 0.3) is 0 Å². The lowest BCUT2D eigenvalue weighted by Crippen LogP contribution is -2.19. The average Bonchev–Trinajstić information content (AvgIpc) is 2.80. The Morgan fingerprint density at radius 2 is 2.16 bits per heavy atom. The summed E-state index contributed by atoms with van der Waals surface area (Å²) in [6.45, 7) is -0.0189. The van der Waals surface area contributed by atoms with Gasteiger partial charge in [-0.1, -0.05) is 16.8 Å². The fourth-order valence-electron chi connectivity index (χ4n) is 1.45. The van der Waals surface area contributed by atoms with Crippen molar-refractivity contribution in [2.24, 2.45) is 0 Å². The van der Waals surface area contributed by atoms with E-state index in [1.54, 1.807) is 6.20 Å². The molecule has 8 heteroatoms. The molecular formula is C11H9ClN4O3. The molecule has 2 N–H and O–H groups in total. The predicted molar refractivity (Wildman–Crippen MR) is 67.1 cm³/mol. The molecule has 0 spiro atoms. The molecule has 0 unspecified atom stereocenters. The van der Waals surface area contributed by atoms with Crippen molar-refractivity contribution in [1.29, 1.82) is 0 Å². The Bertz CT molecular complexity index is 612. The number of halogens is 1. The maximum Gasteiger partial charge on any atom is 0.335 e. The van der Waals surface area contributed by atoms with Crippen molar-refractivity contribution < 1.29 is 14.7 Å². The lowest BCUT2D eigenvalue weighted by atomic mass is 10.2. The van der Waals surface area contributed by atoms with E-state index in [0.717, 1.165) is 0 Å². The van der Waals surface area contributed by atoms with Crippen molar-refractivity contribution in [3.05, 3.63) is 41.2 Å². The highest BCUT2D eigenvalue weighted by molar-refractivity contribution is 6.31. The minimum Gasteiger partial charge on any atom is -0.478 e. The van der Waals surface area contributed by atoms with Crippen molar-refractivity contribution in [3.8, 4) is 0 Å². The van der Waals surface area contributed by atoms with E-state index in [1.807, 2.05) is 0 Å². The summed E-state index contributed by atoms with van der Waals surface area (Å²) < 4.78 is 1.35. The van der Waals surface area contributed by atoms with Gasteiger partial charge in [-0.05, 0) is 18.2 Å². The number of aromatic nitrogens is 3. The second kappa shape index (κ2) is 5.49. The molecule has 1 aromatic carbocycles. The molecule has 0 radical (unpaired) electrons. The number of hydrogen-bond donors (Lipinski definition) is 2. The molecule has 0 fully saturated rings. The van der Waals surface area contributed by atoms with E-state index in [4.69, 9.17) is 16.7 Å². The number of aromatic carboxylic acids is 1. The molecule has 1 heterocycles. The minimum atomic E-state index is -1.12. The second-order valence-electron chi connectivity index (χ2n) is 3.68. The van der Waals surface area contributed by atoms with Gasteiger partial charge in [0.15, 0.2) is 0 Å². The summed E-state index contributed by atoms with van der Waals surface area (Å²) in [5.74, 6) is -1.47. The zero-order chi connectivity index (χ0) is 13.8. The molecule has 0 aliphatic carbocycles. The zero-order valence-corrected chi connectivity index (χ0v) is 10.3. The highest BCUT2D eigenvalue weighted by Crippen LogP contribution is 2.19. The first kappa shape index (κ1) is 13.0. The van der Waals surface area contributed by atoms with Crippen LogP contribution in [0.1, 0.15) is 10.4 Å². The van der Waals surface area contributed by atoms with Gasteiger partial charge in [-0.25, -0.2) is 9.48 Å². The topological polar surface area (TPSA) is 97.1 Å². The molecule has 0 atom stereocenters. The number of carbonyl (C=O) groups is 2. The molecule has 2 rings (SSSR count). The van der Waals surface area contributed by atoms with E-state index in [9.17, 15) is 9.59 Å². The zero-order valence-electron chi connectivity index (χ0n) is 9.58. The van der Waals surface area contributed by atoms with Crippen LogP contribution in [0.3, 0.4) is 0 Å². The number of nitrogens with one attached hydrogen (secondary N) is 1. The Labute approximate surface area is 112 Å². The summed E-state index contributed by atoms with van der Waals surface area (Å²) in [6.07, 6.45) is 3.00. The molecule has 0 bridgehead atoms. The number of nitrogens with zero attached hydrogens (tertiary/aromatic N) is 3. The van der Waals surface area contributed by atoms with E-state index in [2.05, 4.69) is 15.6 Å². The third-order valence-electron chi connectivity index (χ3n) is 2.21. The maximum atomic E-state index is 11.7. The van der Waals surface area contributed by atoms with Gasteiger partial charge >= 0.3 is 5.97 Å². The number of benzene rings is 1. The number of carboxylic acids is 1. The monoisotopic (exact) mass is 280 g/mol. The van der Waals surface area contributed by atoms with Crippen molar-refractivity contribution in [2.45, 2.75) is 6.54 Å². The Balaban J connectivity index is 2.10. The standard InChI is InChI=1S/C11H9ClN4O3/c12-8-3-7(11(18)19)4-9(5-8)14-10(17)6-16-2-1-13-15-16/h1-5H,6H2,(H,14,17)(H,18,19). The molecule has 2 aromatic rings. The second-order valence-corrected chi connectivity index (χ2v) is 4.12. The van der Waals surface area contributed by atoms with Gasteiger partial charge in [0, 0.05) is 16.9 Å². The highest BCUT2D eigenvalue weighted by atomic mass is 35.5. The molecule has 7 nitrogen and oxygen atoms in total. The SMILES string of the molecule is O=C(Cn1ccnn1)Nc1cc(Cl)cc(C(=O)O)c1. The Kier molecular flexibility index (Phi) is 3.76. The van der Waals surface area contributed by atoms with Gasteiger partial charge in [0.05, 0.1) is 11.8 Å². The average molecular weight is 281 g/mol. The lowest BCUT2D eigenvalue weighted by molar-refractivity contribution is -0.116. The van der Waals surface area contributed by atoms with Gasteiger partial charge in [-0.2, -0.15) is 0 Å². The molecule has 0 aliphatic heterocycles. The van der Waals surface area contributed by atoms with Gasteiger partial charge in [-0.15, -0.1) is 5.10 Å². The fourth-order valence-corrected chi connectivity index (χ4v) is 1.69. The van der Waals surface area contributed by atoms with Crippen LogP contribution in [-0.2, 0) is 11.3 Å². The Hall–Kier alpha value is -2.41. The first-order valence-electron chi connectivity index (χ1n) is 5.22.